The summed E-state index contributed by atoms with van der Waals surface area (Å²) in [7, 11) is -3.78. The first-order valence-electron chi connectivity index (χ1n) is 7.39. The molecule has 0 radical (unpaired) electrons. The predicted molar refractivity (Wildman–Crippen MR) is 94.8 cm³/mol. The number of aromatic nitrogens is 1. The quantitative estimate of drug-likeness (QED) is 0.875. The molecule has 8 heteroatoms. The van der Waals surface area contributed by atoms with Crippen molar-refractivity contribution in [2.45, 2.75) is 35.3 Å². The molecule has 1 atom stereocenters. The molecule has 3 rings (SSSR count). The third-order valence-electron chi connectivity index (χ3n) is 3.49. The maximum atomic E-state index is 12.5. The van der Waals surface area contributed by atoms with Gasteiger partial charge in [0.1, 0.15) is 5.82 Å². The molecule has 0 spiro atoms. The molecule has 1 aliphatic heterocycles. The number of carbonyl (C=O) groups is 1. The number of benzene rings is 1. The van der Waals surface area contributed by atoms with Crippen LogP contribution in [0.25, 0.3) is 0 Å². The molecule has 1 amide bonds. The predicted octanol–water partition coefficient (Wildman–Crippen LogP) is 3.01. The second kappa shape index (κ2) is 6.45. The Balaban J connectivity index is 1.91. The molecular formula is C16H17N3O3S2. The highest BCUT2D eigenvalue weighted by Gasteiger charge is 2.22. The van der Waals surface area contributed by atoms with Crippen LogP contribution in [0.1, 0.15) is 18.9 Å². The molecule has 0 saturated heterocycles. The minimum atomic E-state index is -3.78. The molecule has 1 aromatic heterocycles. The molecule has 0 aliphatic carbocycles. The minimum absolute atomic E-state index is 0.0825. The maximum absolute atomic E-state index is 12.5. The first-order valence-corrected chi connectivity index (χ1v) is 9.76. The molecule has 0 unspecified atom stereocenters. The Kier molecular flexibility index (Phi) is 4.51. The molecule has 0 fully saturated rings. The van der Waals surface area contributed by atoms with Gasteiger partial charge in [0.15, 0.2) is 0 Å². The summed E-state index contributed by atoms with van der Waals surface area (Å²) >= 11 is 1.55. The molecule has 0 saturated carbocycles. The summed E-state index contributed by atoms with van der Waals surface area (Å²) in [4.78, 5) is 16.8. The number of amides is 1. The fraction of sp³-hybridized carbons (Fsp3) is 0.250. The van der Waals surface area contributed by atoms with Gasteiger partial charge in [-0.05, 0) is 36.8 Å². The van der Waals surface area contributed by atoms with Gasteiger partial charge in [-0.3, -0.25) is 9.52 Å². The molecule has 24 heavy (non-hydrogen) atoms. The zero-order valence-corrected chi connectivity index (χ0v) is 14.9. The van der Waals surface area contributed by atoms with Crippen molar-refractivity contribution in [3.63, 3.8) is 0 Å². The summed E-state index contributed by atoms with van der Waals surface area (Å²) in [6.45, 7) is 3.84. The van der Waals surface area contributed by atoms with Crippen LogP contribution in [-0.2, 0) is 14.8 Å². The van der Waals surface area contributed by atoms with Gasteiger partial charge < -0.3 is 5.32 Å². The van der Waals surface area contributed by atoms with Gasteiger partial charge in [-0.1, -0.05) is 13.0 Å². The first kappa shape index (κ1) is 16.8. The van der Waals surface area contributed by atoms with Gasteiger partial charge in [-0.2, -0.15) is 0 Å². The smallest absolute Gasteiger partial charge is 0.263 e. The Morgan fingerprint density at radius 3 is 2.79 bits per heavy atom. The van der Waals surface area contributed by atoms with Crippen molar-refractivity contribution in [3.8, 4) is 0 Å². The van der Waals surface area contributed by atoms with Crippen LogP contribution in [0.4, 0.5) is 11.5 Å². The molecule has 0 bridgehead atoms. The third kappa shape index (κ3) is 3.70. The molecular weight excluding hydrogens is 346 g/mol. The van der Waals surface area contributed by atoms with Gasteiger partial charge in [0.2, 0.25) is 5.91 Å². The lowest BCUT2D eigenvalue weighted by Crippen LogP contribution is -2.15. The van der Waals surface area contributed by atoms with Crippen LogP contribution in [-0.4, -0.2) is 24.6 Å². The van der Waals surface area contributed by atoms with Crippen LogP contribution >= 0.6 is 11.8 Å². The van der Waals surface area contributed by atoms with E-state index in [-0.39, 0.29) is 21.9 Å². The number of hydrogen-bond donors (Lipinski definition) is 2. The number of pyridine rings is 1. The van der Waals surface area contributed by atoms with Crippen molar-refractivity contribution < 1.29 is 13.2 Å². The number of hydrogen-bond acceptors (Lipinski definition) is 5. The molecule has 1 aromatic carbocycles. The zero-order chi connectivity index (χ0) is 17.3. The highest BCUT2D eigenvalue weighted by atomic mass is 32.2. The molecule has 1 aliphatic rings. The fourth-order valence-electron chi connectivity index (χ4n) is 2.32. The number of nitrogens with zero attached hydrogens (tertiary/aromatic N) is 1. The van der Waals surface area contributed by atoms with E-state index in [1.165, 1.54) is 12.1 Å². The number of thioether (sulfide) groups is 1. The number of nitrogens with one attached hydrogen (secondary N) is 2. The third-order valence-corrected chi connectivity index (χ3v) is 6.02. The molecule has 2 N–H and O–H groups in total. The fourth-order valence-corrected chi connectivity index (χ4v) is 4.41. The van der Waals surface area contributed by atoms with E-state index >= 15 is 0 Å². The topological polar surface area (TPSA) is 88.2 Å². The van der Waals surface area contributed by atoms with Crippen LogP contribution in [0, 0.1) is 6.92 Å². The minimum Gasteiger partial charge on any atom is -0.325 e. The Bertz CT molecular complexity index is 880. The summed E-state index contributed by atoms with van der Waals surface area (Å²) in [5.74, 6) is 0.138. The SMILES string of the molecule is Cc1ccc(NS(=O)(=O)c2ccc3c(c2)NC(=O)C[C@H](C)S3)nc1. The lowest BCUT2D eigenvalue weighted by atomic mass is 10.3. The largest absolute Gasteiger partial charge is 0.325 e. The lowest BCUT2D eigenvalue weighted by molar-refractivity contribution is -0.116. The van der Waals surface area contributed by atoms with E-state index < -0.39 is 10.0 Å². The molecule has 2 aromatic rings. The Morgan fingerprint density at radius 1 is 1.29 bits per heavy atom. The standard InChI is InChI=1S/C16H17N3O3S2/c1-10-3-6-15(17-9-10)19-24(21,22)12-4-5-14-13(8-12)18-16(20)7-11(2)23-14/h3-6,8-9,11H,7H2,1-2H3,(H,17,19)(H,18,20)/t11-/m0/s1. The van der Waals surface area contributed by atoms with Gasteiger partial charge in [0, 0.05) is 22.8 Å². The maximum Gasteiger partial charge on any atom is 0.263 e. The van der Waals surface area contributed by atoms with Gasteiger partial charge >= 0.3 is 0 Å². The van der Waals surface area contributed by atoms with E-state index in [9.17, 15) is 13.2 Å². The summed E-state index contributed by atoms with van der Waals surface area (Å²) in [5, 5.41) is 2.91. The Labute approximate surface area is 145 Å². The zero-order valence-electron chi connectivity index (χ0n) is 13.2. The summed E-state index contributed by atoms with van der Waals surface area (Å²) in [5.41, 5.74) is 1.46. The van der Waals surface area contributed by atoms with E-state index in [1.54, 1.807) is 36.2 Å². The average molecular weight is 363 g/mol. The normalized spacial score (nSPS) is 17.6. The second-order valence-corrected chi connectivity index (χ2v) is 8.83. The molecule has 2 heterocycles. The Hall–Kier alpha value is -2.06. The number of sulfonamides is 1. The van der Waals surface area contributed by atoms with Crippen LogP contribution in [0.3, 0.4) is 0 Å². The van der Waals surface area contributed by atoms with Crippen molar-refractivity contribution in [2.24, 2.45) is 0 Å². The number of aryl methyl sites for hydroxylation is 1. The first-order chi connectivity index (χ1) is 11.3. The van der Waals surface area contributed by atoms with Crippen LogP contribution < -0.4 is 10.0 Å². The van der Waals surface area contributed by atoms with E-state index in [0.29, 0.717) is 12.1 Å². The van der Waals surface area contributed by atoms with E-state index in [4.69, 9.17) is 0 Å². The van der Waals surface area contributed by atoms with Crippen LogP contribution in [0.5, 0.6) is 0 Å². The second-order valence-electron chi connectivity index (χ2n) is 5.67. The van der Waals surface area contributed by atoms with Gasteiger partial charge in [-0.15, -0.1) is 11.8 Å². The molecule has 6 nitrogen and oxygen atoms in total. The van der Waals surface area contributed by atoms with Gasteiger partial charge in [0.05, 0.1) is 10.6 Å². The number of rotatable bonds is 3. The van der Waals surface area contributed by atoms with E-state index in [1.807, 2.05) is 13.8 Å². The van der Waals surface area contributed by atoms with Gasteiger partial charge in [-0.25, -0.2) is 13.4 Å². The number of fused-ring (bicyclic) bond motifs is 1. The number of carbonyl (C=O) groups excluding carboxylic acids is 1. The highest BCUT2D eigenvalue weighted by Crippen LogP contribution is 2.36. The van der Waals surface area contributed by atoms with Crippen LogP contribution in [0.2, 0.25) is 0 Å². The Morgan fingerprint density at radius 2 is 2.08 bits per heavy atom. The summed E-state index contributed by atoms with van der Waals surface area (Å²) in [6.07, 6.45) is 1.99. The average Bonchev–Trinajstić information content (AvgIpc) is 2.64. The van der Waals surface area contributed by atoms with Crippen molar-refractivity contribution in [1.29, 1.82) is 0 Å². The monoisotopic (exact) mass is 363 g/mol. The summed E-state index contributed by atoms with van der Waals surface area (Å²) in [6, 6.07) is 8.12. The van der Waals surface area contributed by atoms with Gasteiger partial charge in [0.25, 0.3) is 10.0 Å². The summed E-state index contributed by atoms with van der Waals surface area (Å²) < 4.78 is 27.5. The lowest BCUT2D eigenvalue weighted by Gasteiger charge is -2.11. The van der Waals surface area contributed by atoms with Crippen LogP contribution in [0.15, 0.2) is 46.3 Å². The molecule has 126 valence electrons. The highest BCUT2D eigenvalue weighted by molar-refractivity contribution is 8.00. The van der Waals surface area contributed by atoms with Crippen molar-refractivity contribution in [1.82, 2.24) is 4.98 Å². The van der Waals surface area contributed by atoms with E-state index in [0.717, 1.165) is 10.5 Å². The van der Waals surface area contributed by atoms with Crippen molar-refractivity contribution in [3.05, 3.63) is 42.1 Å². The van der Waals surface area contributed by atoms with Crippen molar-refractivity contribution >= 4 is 39.2 Å². The number of anilines is 2. The van der Waals surface area contributed by atoms with Crippen molar-refractivity contribution in [2.75, 3.05) is 10.0 Å². The van der Waals surface area contributed by atoms with E-state index in [2.05, 4.69) is 15.0 Å².